The van der Waals surface area contributed by atoms with Gasteiger partial charge in [0.1, 0.15) is 11.6 Å². The lowest BCUT2D eigenvalue weighted by Crippen LogP contribution is -1.97. The van der Waals surface area contributed by atoms with Crippen LogP contribution in [-0.4, -0.2) is 5.78 Å². The maximum absolute atomic E-state index is 13.6. The molecule has 1 heterocycles. The second-order valence-electron chi connectivity index (χ2n) is 3.54. The number of benzene rings is 1. The molecule has 0 atom stereocenters. The van der Waals surface area contributed by atoms with Crippen molar-refractivity contribution in [2.45, 2.75) is 17.6 Å². The van der Waals surface area contributed by atoms with E-state index < -0.39 is 0 Å². The van der Waals surface area contributed by atoms with Gasteiger partial charge in [-0.05, 0) is 25.1 Å². The molecular weight excluding hydrogens is 239 g/mol. The van der Waals surface area contributed by atoms with Crippen LogP contribution >= 0.6 is 11.8 Å². The van der Waals surface area contributed by atoms with Gasteiger partial charge in [0.05, 0.1) is 16.9 Å². The molecule has 0 aliphatic heterocycles. The molecule has 1 aromatic heterocycles. The number of halogens is 1. The predicted octanol–water partition coefficient (Wildman–Crippen LogP) is 3.91. The summed E-state index contributed by atoms with van der Waals surface area (Å²) >= 11 is 1.27. The highest BCUT2D eigenvalue weighted by Crippen LogP contribution is 2.29. The third-order valence-corrected chi connectivity index (χ3v) is 3.42. The third-order valence-electron chi connectivity index (χ3n) is 2.29. The lowest BCUT2D eigenvalue weighted by Gasteiger charge is -2.06. The Bertz CT molecular complexity index is 520. The first kappa shape index (κ1) is 11.9. The molecule has 1 aromatic carbocycles. The zero-order valence-electron chi connectivity index (χ0n) is 9.27. The fraction of sp³-hybridized carbons (Fsp3) is 0.154. The minimum absolute atomic E-state index is 0.133. The molecule has 88 valence electrons. The molecule has 0 fully saturated rings. The fourth-order valence-corrected chi connectivity index (χ4v) is 2.49. The van der Waals surface area contributed by atoms with Crippen molar-refractivity contribution in [1.29, 1.82) is 0 Å². The van der Waals surface area contributed by atoms with Crippen molar-refractivity contribution in [3.8, 4) is 0 Å². The van der Waals surface area contributed by atoms with Crippen molar-refractivity contribution in [2.75, 3.05) is 0 Å². The molecule has 2 nitrogen and oxygen atoms in total. The average Bonchev–Trinajstić information content (AvgIpc) is 2.80. The summed E-state index contributed by atoms with van der Waals surface area (Å²) in [6.07, 6.45) is 1.57. The van der Waals surface area contributed by atoms with Gasteiger partial charge in [0.15, 0.2) is 5.78 Å². The summed E-state index contributed by atoms with van der Waals surface area (Å²) in [4.78, 5) is 11.8. The fourth-order valence-electron chi connectivity index (χ4n) is 1.47. The summed E-state index contributed by atoms with van der Waals surface area (Å²) in [5.41, 5.74) is 0.418. The molecule has 0 N–H and O–H groups in total. The topological polar surface area (TPSA) is 30.2 Å². The molecular formula is C13H11FO2S. The zero-order chi connectivity index (χ0) is 12.3. The maximum atomic E-state index is 13.6. The second kappa shape index (κ2) is 5.19. The number of ketones is 1. The van der Waals surface area contributed by atoms with Crippen LogP contribution in [0.25, 0.3) is 0 Å². The molecule has 0 amide bonds. The quantitative estimate of drug-likeness (QED) is 0.608. The summed E-state index contributed by atoms with van der Waals surface area (Å²) in [7, 11) is 0. The zero-order valence-corrected chi connectivity index (χ0v) is 10.1. The van der Waals surface area contributed by atoms with E-state index in [1.165, 1.54) is 24.8 Å². The van der Waals surface area contributed by atoms with Crippen LogP contribution in [0.3, 0.4) is 0 Å². The van der Waals surface area contributed by atoms with Gasteiger partial charge in [-0.3, -0.25) is 4.79 Å². The minimum Gasteiger partial charge on any atom is -0.468 e. The monoisotopic (exact) mass is 250 g/mol. The highest BCUT2D eigenvalue weighted by atomic mass is 32.2. The van der Waals surface area contributed by atoms with Gasteiger partial charge in [0.25, 0.3) is 0 Å². The Balaban J connectivity index is 2.22. The number of carbonyl (C=O) groups is 1. The molecule has 0 saturated carbocycles. The van der Waals surface area contributed by atoms with E-state index >= 15 is 0 Å². The highest BCUT2D eigenvalue weighted by Gasteiger charge is 2.12. The lowest BCUT2D eigenvalue weighted by atomic mass is 10.1. The molecule has 4 heteroatoms. The molecule has 2 aromatic rings. The number of carbonyl (C=O) groups excluding carboxylic acids is 1. The normalized spacial score (nSPS) is 10.5. The first-order chi connectivity index (χ1) is 8.18. The van der Waals surface area contributed by atoms with E-state index in [0.717, 1.165) is 5.76 Å². The molecule has 0 unspecified atom stereocenters. The van der Waals surface area contributed by atoms with Gasteiger partial charge < -0.3 is 4.42 Å². The van der Waals surface area contributed by atoms with Crippen molar-refractivity contribution in [1.82, 2.24) is 0 Å². The largest absolute Gasteiger partial charge is 0.468 e. The number of furan rings is 1. The third kappa shape index (κ3) is 2.77. The molecule has 0 bridgehead atoms. The highest BCUT2D eigenvalue weighted by molar-refractivity contribution is 7.98. The van der Waals surface area contributed by atoms with E-state index in [9.17, 15) is 9.18 Å². The Hall–Kier alpha value is -1.55. The SMILES string of the molecule is CC(=O)c1cccc(F)c1SCc1ccco1. The van der Waals surface area contributed by atoms with Gasteiger partial charge in [-0.1, -0.05) is 12.1 Å². The molecule has 17 heavy (non-hydrogen) atoms. The van der Waals surface area contributed by atoms with Crippen molar-refractivity contribution < 1.29 is 13.6 Å². The summed E-state index contributed by atoms with van der Waals surface area (Å²) < 4.78 is 18.8. The predicted molar refractivity (Wildman–Crippen MR) is 64.7 cm³/mol. The minimum atomic E-state index is -0.366. The molecule has 0 radical (unpaired) electrons. The second-order valence-corrected chi connectivity index (χ2v) is 4.53. The summed E-state index contributed by atoms with van der Waals surface area (Å²) in [5.74, 6) is 0.766. The number of rotatable bonds is 4. The van der Waals surface area contributed by atoms with Crippen LogP contribution in [0, 0.1) is 5.82 Å². The van der Waals surface area contributed by atoms with E-state index in [4.69, 9.17) is 4.42 Å². The summed E-state index contributed by atoms with van der Waals surface area (Å²) in [6.45, 7) is 1.44. The van der Waals surface area contributed by atoms with Gasteiger partial charge in [-0.15, -0.1) is 11.8 Å². The van der Waals surface area contributed by atoms with Crippen LogP contribution < -0.4 is 0 Å². The van der Waals surface area contributed by atoms with Gasteiger partial charge >= 0.3 is 0 Å². The molecule has 0 aliphatic carbocycles. The standard InChI is InChI=1S/C13H11FO2S/c1-9(15)11-5-2-6-12(14)13(11)17-8-10-4-3-7-16-10/h2-7H,8H2,1H3. The molecule has 0 aliphatic rings. The van der Waals surface area contributed by atoms with E-state index in [0.29, 0.717) is 16.2 Å². The van der Waals surface area contributed by atoms with E-state index in [1.807, 2.05) is 6.07 Å². The summed E-state index contributed by atoms with van der Waals surface area (Å²) in [6, 6.07) is 8.14. The average molecular weight is 250 g/mol. The van der Waals surface area contributed by atoms with Crippen molar-refractivity contribution >= 4 is 17.5 Å². The van der Waals surface area contributed by atoms with Crippen LogP contribution in [0.5, 0.6) is 0 Å². The van der Waals surface area contributed by atoms with E-state index in [1.54, 1.807) is 24.5 Å². The van der Waals surface area contributed by atoms with Crippen molar-refractivity contribution in [3.63, 3.8) is 0 Å². The van der Waals surface area contributed by atoms with E-state index in [-0.39, 0.29) is 11.6 Å². The number of thioether (sulfide) groups is 1. The molecule has 0 spiro atoms. The van der Waals surface area contributed by atoms with Gasteiger partial charge in [0.2, 0.25) is 0 Å². The lowest BCUT2D eigenvalue weighted by molar-refractivity contribution is 0.101. The van der Waals surface area contributed by atoms with Gasteiger partial charge in [-0.25, -0.2) is 4.39 Å². The first-order valence-electron chi connectivity index (χ1n) is 5.13. The molecule has 0 saturated heterocycles. The molecule has 2 rings (SSSR count). The van der Waals surface area contributed by atoms with Gasteiger partial charge in [0, 0.05) is 5.56 Å². The number of hydrogen-bond acceptors (Lipinski definition) is 3. The Labute approximate surface area is 103 Å². The van der Waals surface area contributed by atoms with Crippen molar-refractivity contribution in [3.05, 3.63) is 53.7 Å². The number of hydrogen-bond donors (Lipinski definition) is 0. The van der Waals surface area contributed by atoms with Gasteiger partial charge in [-0.2, -0.15) is 0 Å². The summed E-state index contributed by atoms with van der Waals surface area (Å²) in [5, 5.41) is 0. The first-order valence-corrected chi connectivity index (χ1v) is 6.11. The van der Waals surface area contributed by atoms with Crippen LogP contribution in [0.1, 0.15) is 23.0 Å². The Morgan fingerprint density at radius 1 is 1.35 bits per heavy atom. The van der Waals surface area contributed by atoms with Crippen LogP contribution in [0.4, 0.5) is 4.39 Å². The van der Waals surface area contributed by atoms with Crippen LogP contribution in [0.15, 0.2) is 45.9 Å². The number of Topliss-reactive ketones (excluding diaryl/α,β-unsaturated/α-hetero) is 1. The van der Waals surface area contributed by atoms with E-state index in [2.05, 4.69) is 0 Å². The maximum Gasteiger partial charge on any atom is 0.161 e. The van der Waals surface area contributed by atoms with Crippen LogP contribution in [0.2, 0.25) is 0 Å². The Morgan fingerprint density at radius 2 is 2.18 bits per heavy atom. The smallest absolute Gasteiger partial charge is 0.161 e. The van der Waals surface area contributed by atoms with Crippen LogP contribution in [-0.2, 0) is 5.75 Å². The Morgan fingerprint density at radius 3 is 2.82 bits per heavy atom. The Kier molecular flexibility index (Phi) is 3.64. The van der Waals surface area contributed by atoms with Crippen molar-refractivity contribution in [2.24, 2.45) is 0 Å².